The highest BCUT2D eigenvalue weighted by atomic mass is 19.1. The molecule has 1 aliphatic heterocycles. The largest absolute Gasteiger partial charge is 0.490 e. The highest BCUT2D eigenvalue weighted by molar-refractivity contribution is 5.55. The molecule has 0 aliphatic carbocycles. The summed E-state index contributed by atoms with van der Waals surface area (Å²) >= 11 is 0. The van der Waals surface area contributed by atoms with Crippen molar-refractivity contribution in [3.05, 3.63) is 53.6 Å². The van der Waals surface area contributed by atoms with Gasteiger partial charge >= 0.3 is 0 Å². The number of fused-ring (bicyclic) bond motifs is 1. The number of benzene rings is 2. The van der Waals surface area contributed by atoms with Crippen molar-refractivity contribution in [2.75, 3.05) is 18.5 Å². The van der Waals surface area contributed by atoms with Gasteiger partial charge in [-0.1, -0.05) is 0 Å². The molecule has 1 N–H and O–H groups in total. The van der Waals surface area contributed by atoms with Crippen LogP contribution in [0.5, 0.6) is 11.5 Å². The predicted molar refractivity (Wildman–Crippen MR) is 75.7 cm³/mol. The number of hydrogen-bond donors (Lipinski definition) is 1. The minimum atomic E-state index is -0.578. The summed E-state index contributed by atoms with van der Waals surface area (Å²) in [6.07, 6.45) is 0.847. The summed E-state index contributed by atoms with van der Waals surface area (Å²) < 4.78 is 37.4. The molecule has 0 unspecified atom stereocenters. The zero-order valence-electron chi connectivity index (χ0n) is 11.4. The van der Waals surface area contributed by atoms with Gasteiger partial charge in [0.05, 0.1) is 13.2 Å². The first-order valence-electron chi connectivity index (χ1n) is 6.79. The van der Waals surface area contributed by atoms with Crippen molar-refractivity contribution in [2.24, 2.45) is 0 Å². The van der Waals surface area contributed by atoms with Crippen LogP contribution in [0.1, 0.15) is 12.0 Å². The Morgan fingerprint density at radius 3 is 2.38 bits per heavy atom. The number of halogens is 2. The van der Waals surface area contributed by atoms with Crippen LogP contribution in [0.25, 0.3) is 0 Å². The Kier molecular flexibility index (Phi) is 3.90. The van der Waals surface area contributed by atoms with Crippen LogP contribution in [0.2, 0.25) is 0 Å². The summed E-state index contributed by atoms with van der Waals surface area (Å²) in [6, 6.07) is 8.98. The maximum Gasteiger partial charge on any atom is 0.163 e. The van der Waals surface area contributed by atoms with Gasteiger partial charge in [0, 0.05) is 30.8 Å². The molecule has 1 heterocycles. The molecule has 0 bridgehead atoms. The molecule has 0 atom stereocenters. The first kappa shape index (κ1) is 13.7. The Bertz CT molecular complexity index is 626. The van der Waals surface area contributed by atoms with Crippen LogP contribution in [0.3, 0.4) is 0 Å². The molecular weight excluding hydrogens is 276 g/mol. The Hall–Kier alpha value is -2.30. The molecule has 2 aromatic carbocycles. The van der Waals surface area contributed by atoms with E-state index >= 15 is 0 Å². The van der Waals surface area contributed by atoms with Gasteiger partial charge in [-0.15, -0.1) is 0 Å². The van der Waals surface area contributed by atoms with E-state index in [1.54, 1.807) is 0 Å². The summed E-state index contributed by atoms with van der Waals surface area (Å²) in [5.74, 6) is 0.244. The fourth-order valence-corrected chi connectivity index (χ4v) is 2.19. The van der Waals surface area contributed by atoms with Crippen LogP contribution >= 0.6 is 0 Å². The van der Waals surface area contributed by atoms with E-state index in [9.17, 15) is 8.78 Å². The molecule has 0 radical (unpaired) electrons. The molecule has 0 fully saturated rings. The van der Waals surface area contributed by atoms with Gasteiger partial charge in [-0.2, -0.15) is 0 Å². The van der Waals surface area contributed by atoms with Gasteiger partial charge in [0.1, 0.15) is 11.6 Å². The molecule has 0 spiro atoms. The highest BCUT2D eigenvalue weighted by Gasteiger charge is 2.10. The van der Waals surface area contributed by atoms with Crippen molar-refractivity contribution in [1.82, 2.24) is 0 Å². The minimum absolute atomic E-state index is 0.328. The average molecular weight is 291 g/mol. The Labute approximate surface area is 121 Å². The average Bonchev–Trinajstić information content (AvgIpc) is 2.68. The van der Waals surface area contributed by atoms with Crippen molar-refractivity contribution < 1.29 is 18.3 Å². The predicted octanol–water partition coefficient (Wildman–Crippen LogP) is 3.74. The zero-order valence-corrected chi connectivity index (χ0v) is 11.4. The topological polar surface area (TPSA) is 30.5 Å². The molecule has 0 saturated heterocycles. The zero-order chi connectivity index (χ0) is 14.7. The smallest absolute Gasteiger partial charge is 0.163 e. The van der Waals surface area contributed by atoms with Gasteiger partial charge < -0.3 is 14.8 Å². The Balaban J connectivity index is 1.71. The second kappa shape index (κ2) is 5.99. The van der Waals surface area contributed by atoms with Crippen molar-refractivity contribution in [1.29, 1.82) is 0 Å². The van der Waals surface area contributed by atoms with Gasteiger partial charge in [0.2, 0.25) is 0 Å². The third kappa shape index (κ3) is 3.42. The monoisotopic (exact) mass is 291 g/mol. The van der Waals surface area contributed by atoms with E-state index in [0.29, 0.717) is 31.1 Å². The fourth-order valence-electron chi connectivity index (χ4n) is 2.19. The molecule has 21 heavy (non-hydrogen) atoms. The normalized spacial score (nSPS) is 13.6. The summed E-state index contributed by atoms with van der Waals surface area (Å²) in [5, 5.41) is 3.12. The van der Waals surface area contributed by atoms with Crippen molar-refractivity contribution in [2.45, 2.75) is 13.0 Å². The summed E-state index contributed by atoms with van der Waals surface area (Å²) in [7, 11) is 0. The molecule has 3 rings (SSSR count). The molecular formula is C16H15F2NO2. The highest BCUT2D eigenvalue weighted by Crippen LogP contribution is 2.32. The second-order valence-corrected chi connectivity index (χ2v) is 4.84. The van der Waals surface area contributed by atoms with E-state index in [0.717, 1.165) is 23.9 Å². The van der Waals surface area contributed by atoms with Gasteiger partial charge in [-0.05, 0) is 29.8 Å². The summed E-state index contributed by atoms with van der Waals surface area (Å²) in [6.45, 7) is 1.59. The van der Waals surface area contributed by atoms with Crippen LogP contribution in [-0.2, 0) is 6.54 Å². The fraction of sp³-hybridized carbons (Fsp3) is 0.250. The minimum Gasteiger partial charge on any atom is -0.490 e. The first-order chi connectivity index (χ1) is 10.2. The van der Waals surface area contributed by atoms with E-state index in [1.165, 1.54) is 12.1 Å². The van der Waals surface area contributed by atoms with Crippen LogP contribution in [0.15, 0.2) is 36.4 Å². The van der Waals surface area contributed by atoms with E-state index < -0.39 is 11.6 Å². The van der Waals surface area contributed by atoms with E-state index in [1.807, 2.05) is 18.2 Å². The maximum atomic E-state index is 13.1. The Morgan fingerprint density at radius 2 is 1.62 bits per heavy atom. The lowest BCUT2D eigenvalue weighted by molar-refractivity contribution is 0.297. The van der Waals surface area contributed by atoms with Crippen LogP contribution in [-0.4, -0.2) is 13.2 Å². The van der Waals surface area contributed by atoms with E-state index in [-0.39, 0.29) is 0 Å². The number of anilines is 1. The lowest BCUT2D eigenvalue weighted by atomic mass is 10.2. The second-order valence-electron chi connectivity index (χ2n) is 4.84. The number of nitrogens with one attached hydrogen (secondary N) is 1. The standard InChI is InChI=1S/C16H15F2NO2/c17-12-6-11(7-13(18)8-12)10-19-14-2-3-15-16(9-14)21-5-1-4-20-15/h2-3,6-9,19H,1,4-5,10H2. The molecule has 5 heteroatoms. The number of hydrogen-bond acceptors (Lipinski definition) is 3. The van der Waals surface area contributed by atoms with Crippen molar-refractivity contribution in [3.8, 4) is 11.5 Å². The first-order valence-corrected chi connectivity index (χ1v) is 6.79. The molecule has 110 valence electrons. The lowest BCUT2D eigenvalue weighted by Crippen LogP contribution is -2.01. The third-order valence-electron chi connectivity index (χ3n) is 3.17. The molecule has 3 nitrogen and oxygen atoms in total. The summed E-state index contributed by atoms with van der Waals surface area (Å²) in [4.78, 5) is 0. The molecule has 2 aromatic rings. The van der Waals surface area contributed by atoms with Gasteiger partial charge in [0.15, 0.2) is 11.5 Å². The SMILES string of the molecule is Fc1cc(F)cc(CNc2ccc3c(c2)OCCCO3)c1. The van der Waals surface area contributed by atoms with Crippen LogP contribution in [0.4, 0.5) is 14.5 Å². The quantitative estimate of drug-likeness (QED) is 0.934. The van der Waals surface area contributed by atoms with Gasteiger partial charge in [0.25, 0.3) is 0 Å². The molecule has 0 saturated carbocycles. The van der Waals surface area contributed by atoms with Gasteiger partial charge in [-0.25, -0.2) is 8.78 Å². The van der Waals surface area contributed by atoms with Crippen LogP contribution in [0, 0.1) is 11.6 Å². The maximum absolute atomic E-state index is 13.1. The van der Waals surface area contributed by atoms with Crippen molar-refractivity contribution in [3.63, 3.8) is 0 Å². The Morgan fingerprint density at radius 1 is 0.905 bits per heavy atom. The van der Waals surface area contributed by atoms with Gasteiger partial charge in [-0.3, -0.25) is 0 Å². The number of rotatable bonds is 3. The van der Waals surface area contributed by atoms with E-state index in [4.69, 9.17) is 9.47 Å². The van der Waals surface area contributed by atoms with E-state index in [2.05, 4.69) is 5.32 Å². The number of ether oxygens (including phenoxy) is 2. The molecule has 0 amide bonds. The lowest BCUT2D eigenvalue weighted by Gasteiger charge is -2.11. The summed E-state index contributed by atoms with van der Waals surface area (Å²) in [5.41, 5.74) is 1.35. The van der Waals surface area contributed by atoms with Crippen molar-refractivity contribution >= 4 is 5.69 Å². The van der Waals surface area contributed by atoms with Crippen LogP contribution < -0.4 is 14.8 Å². The third-order valence-corrected chi connectivity index (χ3v) is 3.17. The molecule has 0 aromatic heterocycles. The molecule has 1 aliphatic rings.